The Hall–Kier alpha value is -1.35. The summed E-state index contributed by atoms with van der Waals surface area (Å²) in [5.74, 6) is 0.520. The minimum absolute atomic E-state index is 0.260. The zero-order valence-corrected chi connectivity index (χ0v) is 11.2. The number of rotatable bonds is 3. The molecular weight excluding hydrogens is 226 g/mol. The van der Waals surface area contributed by atoms with Gasteiger partial charge in [-0.3, -0.25) is 4.90 Å². The Bertz CT molecular complexity index is 417. The number of hydrogen-bond acceptors (Lipinski definition) is 3. The third-order valence-corrected chi connectivity index (χ3v) is 3.50. The molecule has 0 amide bonds. The molecule has 3 nitrogen and oxygen atoms in total. The smallest absolute Gasteiger partial charge is 0.337 e. The number of carbonyl (C=O) groups is 1. The first-order valence-corrected chi connectivity index (χ1v) is 6.58. The number of nitrogens with zero attached hydrogens (tertiary/aromatic N) is 1. The van der Waals surface area contributed by atoms with Crippen molar-refractivity contribution in [2.45, 2.75) is 26.3 Å². The summed E-state index contributed by atoms with van der Waals surface area (Å²) in [5.41, 5.74) is 1.83. The van der Waals surface area contributed by atoms with Crippen molar-refractivity contribution in [3.8, 4) is 0 Å². The summed E-state index contributed by atoms with van der Waals surface area (Å²) < 4.78 is 4.75. The molecule has 0 radical (unpaired) electrons. The molecule has 1 atom stereocenters. The van der Waals surface area contributed by atoms with E-state index in [-0.39, 0.29) is 5.97 Å². The molecule has 0 aromatic heterocycles. The molecule has 0 N–H and O–H groups in total. The molecule has 1 aliphatic heterocycles. The first kappa shape index (κ1) is 13.1. The van der Waals surface area contributed by atoms with Crippen molar-refractivity contribution in [3.05, 3.63) is 35.4 Å². The highest BCUT2D eigenvalue weighted by atomic mass is 16.5. The number of hydrogen-bond donors (Lipinski definition) is 0. The summed E-state index contributed by atoms with van der Waals surface area (Å²) in [6.45, 7) is 5.54. The van der Waals surface area contributed by atoms with Gasteiger partial charge in [-0.05, 0) is 43.0 Å². The average molecular weight is 247 g/mol. The average Bonchev–Trinajstić information content (AvgIpc) is 2.38. The Morgan fingerprint density at radius 3 is 3.06 bits per heavy atom. The summed E-state index contributed by atoms with van der Waals surface area (Å²) in [7, 11) is 1.42. The van der Waals surface area contributed by atoms with Crippen LogP contribution in [0.3, 0.4) is 0 Å². The molecule has 1 saturated heterocycles. The first-order chi connectivity index (χ1) is 8.69. The quantitative estimate of drug-likeness (QED) is 0.769. The van der Waals surface area contributed by atoms with Crippen LogP contribution in [0.25, 0.3) is 0 Å². The molecule has 1 heterocycles. The van der Waals surface area contributed by atoms with Crippen LogP contribution in [-0.2, 0) is 11.3 Å². The molecule has 2 rings (SSSR count). The number of methoxy groups -OCH3 is 1. The lowest BCUT2D eigenvalue weighted by atomic mass is 9.99. The maximum absolute atomic E-state index is 11.5. The van der Waals surface area contributed by atoms with Gasteiger partial charge < -0.3 is 4.74 Å². The van der Waals surface area contributed by atoms with E-state index in [1.807, 2.05) is 12.1 Å². The predicted octanol–water partition coefficient (Wildman–Crippen LogP) is 2.71. The van der Waals surface area contributed by atoms with Crippen molar-refractivity contribution in [1.29, 1.82) is 0 Å². The van der Waals surface area contributed by atoms with Gasteiger partial charge in [0.15, 0.2) is 0 Å². The lowest BCUT2D eigenvalue weighted by Gasteiger charge is -2.30. The second-order valence-electron chi connectivity index (χ2n) is 5.17. The lowest BCUT2D eigenvalue weighted by molar-refractivity contribution is 0.0600. The highest BCUT2D eigenvalue weighted by Gasteiger charge is 2.16. The second kappa shape index (κ2) is 6.01. The van der Waals surface area contributed by atoms with Crippen LogP contribution < -0.4 is 0 Å². The lowest BCUT2D eigenvalue weighted by Crippen LogP contribution is -2.33. The van der Waals surface area contributed by atoms with E-state index in [0.717, 1.165) is 25.6 Å². The van der Waals surface area contributed by atoms with E-state index >= 15 is 0 Å². The van der Waals surface area contributed by atoms with E-state index in [1.54, 1.807) is 6.07 Å². The van der Waals surface area contributed by atoms with E-state index in [9.17, 15) is 4.79 Å². The van der Waals surface area contributed by atoms with Crippen LogP contribution in [0.1, 0.15) is 35.7 Å². The van der Waals surface area contributed by atoms with Gasteiger partial charge in [-0.15, -0.1) is 0 Å². The van der Waals surface area contributed by atoms with Crippen LogP contribution in [0.15, 0.2) is 24.3 Å². The van der Waals surface area contributed by atoms with Crippen LogP contribution in [0.5, 0.6) is 0 Å². The fourth-order valence-corrected chi connectivity index (χ4v) is 2.60. The van der Waals surface area contributed by atoms with E-state index in [2.05, 4.69) is 17.9 Å². The van der Waals surface area contributed by atoms with Crippen molar-refractivity contribution >= 4 is 5.97 Å². The van der Waals surface area contributed by atoms with Gasteiger partial charge in [-0.2, -0.15) is 0 Å². The van der Waals surface area contributed by atoms with E-state index in [1.165, 1.54) is 25.5 Å². The molecule has 18 heavy (non-hydrogen) atoms. The zero-order chi connectivity index (χ0) is 13.0. The Kier molecular flexibility index (Phi) is 4.37. The molecule has 98 valence electrons. The predicted molar refractivity (Wildman–Crippen MR) is 71.5 cm³/mol. The SMILES string of the molecule is COC(=O)c1cccc(CN2CCC[C@@H](C)C2)c1. The van der Waals surface area contributed by atoms with Gasteiger partial charge in [0.05, 0.1) is 12.7 Å². The molecule has 0 saturated carbocycles. The fourth-order valence-electron chi connectivity index (χ4n) is 2.60. The minimum Gasteiger partial charge on any atom is -0.465 e. The number of likely N-dealkylation sites (tertiary alicyclic amines) is 1. The van der Waals surface area contributed by atoms with Crippen molar-refractivity contribution < 1.29 is 9.53 Å². The molecule has 1 aromatic carbocycles. The Morgan fingerprint density at radius 1 is 1.50 bits per heavy atom. The monoisotopic (exact) mass is 247 g/mol. The van der Waals surface area contributed by atoms with Gasteiger partial charge in [0.25, 0.3) is 0 Å². The van der Waals surface area contributed by atoms with Crippen molar-refractivity contribution in [2.75, 3.05) is 20.2 Å². The van der Waals surface area contributed by atoms with Gasteiger partial charge in [0.2, 0.25) is 0 Å². The van der Waals surface area contributed by atoms with Crippen LogP contribution in [0, 0.1) is 5.92 Å². The van der Waals surface area contributed by atoms with Gasteiger partial charge in [0.1, 0.15) is 0 Å². The molecule has 1 fully saturated rings. The Morgan fingerprint density at radius 2 is 2.33 bits per heavy atom. The Balaban J connectivity index is 2.02. The van der Waals surface area contributed by atoms with E-state index < -0.39 is 0 Å². The topological polar surface area (TPSA) is 29.5 Å². The van der Waals surface area contributed by atoms with Crippen LogP contribution in [0.4, 0.5) is 0 Å². The molecule has 1 aliphatic rings. The highest BCUT2D eigenvalue weighted by Crippen LogP contribution is 2.18. The largest absolute Gasteiger partial charge is 0.465 e. The molecular formula is C15H21NO2. The van der Waals surface area contributed by atoms with E-state index in [0.29, 0.717) is 5.56 Å². The second-order valence-corrected chi connectivity index (χ2v) is 5.17. The first-order valence-electron chi connectivity index (χ1n) is 6.58. The molecule has 3 heteroatoms. The van der Waals surface area contributed by atoms with Gasteiger partial charge in [0, 0.05) is 13.1 Å². The fraction of sp³-hybridized carbons (Fsp3) is 0.533. The molecule has 0 unspecified atom stereocenters. The van der Waals surface area contributed by atoms with Crippen molar-refractivity contribution in [1.82, 2.24) is 4.90 Å². The van der Waals surface area contributed by atoms with Crippen molar-refractivity contribution in [3.63, 3.8) is 0 Å². The highest BCUT2D eigenvalue weighted by molar-refractivity contribution is 5.89. The van der Waals surface area contributed by atoms with Gasteiger partial charge >= 0.3 is 5.97 Å². The number of esters is 1. The molecule has 0 spiro atoms. The van der Waals surface area contributed by atoms with E-state index in [4.69, 9.17) is 4.74 Å². The maximum Gasteiger partial charge on any atom is 0.337 e. The number of benzene rings is 1. The van der Waals surface area contributed by atoms with Crippen molar-refractivity contribution in [2.24, 2.45) is 5.92 Å². The molecule has 0 bridgehead atoms. The number of ether oxygens (including phenoxy) is 1. The third kappa shape index (κ3) is 3.33. The molecule has 0 aliphatic carbocycles. The standard InChI is InChI=1S/C15H21NO2/c1-12-5-4-8-16(10-12)11-13-6-3-7-14(9-13)15(17)18-2/h3,6-7,9,12H,4-5,8,10-11H2,1-2H3/t12-/m1/s1. The maximum atomic E-state index is 11.5. The summed E-state index contributed by atoms with van der Waals surface area (Å²) in [6, 6.07) is 7.74. The summed E-state index contributed by atoms with van der Waals surface area (Å²) in [5, 5.41) is 0. The van der Waals surface area contributed by atoms with Gasteiger partial charge in [-0.1, -0.05) is 19.1 Å². The van der Waals surface area contributed by atoms with Crippen LogP contribution in [-0.4, -0.2) is 31.1 Å². The third-order valence-electron chi connectivity index (χ3n) is 3.50. The van der Waals surface area contributed by atoms with Crippen LogP contribution >= 0.6 is 0 Å². The zero-order valence-electron chi connectivity index (χ0n) is 11.2. The van der Waals surface area contributed by atoms with Gasteiger partial charge in [-0.25, -0.2) is 4.79 Å². The summed E-state index contributed by atoms with van der Waals surface area (Å²) >= 11 is 0. The summed E-state index contributed by atoms with van der Waals surface area (Å²) in [4.78, 5) is 13.9. The molecule has 1 aromatic rings. The Labute approximate surface area is 109 Å². The summed E-state index contributed by atoms with van der Waals surface area (Å²) in [6.07, 6.45) is 2.61. The number of piperidine rings is 1. The van der Waals surface area contributed by atoms with Crippen LogP contribution in [0.2, 0.25) is 0 Å². The normalized spacial score (nSPS) is 20.7. The number of carbonyl (C=O) groups excluding carboxylic acids is 1. The minimum atomic E-state index is -0.260.